The van der Waals surface area contributed by atoms with E-state index in [1.807, 2.05) is 12.1 Å². The Morgan fingerprint density at radius 2 is 1.71 bits per heavy atom. The third kappa shape index (κ3) is 6.25. The quantitative estimate of drug-likeness (QED) is 0.610. The molecule has 0 unspecified atom stereocenters. The number of aryl methyl sites for hydroxylation is 2. The Kier molecular flexibility index (Phi) is 7.63. The van der Waals surface area contributed by atoms with Gasteiger partial charge >= 0.3 is 0 Å². The zero-order valence-corrected chi connectivity index (χ0v) is 15.1. The molecule has 0 amide bonds. The summed E-state index contributed by atoms with van der Waals surface area (Å²) in [4.78, 5) is 2.21. The van der Waals surface area contributed by atoms with E-state index in [-0.39, 0.29) is 0 Å². The number of rotatable bonds is 10. The lowest BCUT2D eigenvalue weighted by Crippen LogP contribution is -2.13. The highest BCUT2D eigenvalue weighted by Crippen LogP contribution is 2.26. The van der Waals surface area contributed by atoms with Crippen LogP contribution in [0.2, 0.25) is 0 Å². The van der Waals surface area contributed by atoms with Crippen molar-refractivity contribution in [3.63, 3.8) is 0 Å². The van der Waals surface area contributed by atoms with Crippen LogP contribution in [0.4, 0.5) is 0 Å². The standard InChI is InChI=1S/C21H29NO2/c1-22(2)15-7-8-16-24-21-14-13-20(23-3)17-19(21)12-11-18-9-5-4-6-10-18/h4-6,9-10,13-14,17H,7-8,11-12,15-16H2,1-3H3. The Bertz CT molecular complexity index is 596. The highest BCUT2D eigenvalue weighted by Gasteiger charge is 2.07. The molecule has 0 saturated heterocycles. The fourth-order valence-electron chi connectivity index (χ4n) is 2.65. The molecule has 0 aliphatic rings. The van der Waals surface area contributed by atoms with E-state index in [1.165, 1.54) is 11.1 Å². The van der Waals surface area contributed by atoms with Gasteiger partial charge in [0.25, 0.3) is 0 Å². The van der Waals surface area contributed by atoms with Crippen LogP contribution in [-0.4, -0.2) is 39.3 Å². The maximum absolute atomic E-state index is 6.03. The molecule has 24 heavy (non-hydrogen) atoms. The first kappa shape index (κ1) is 18.3. The predicted molar refractivity (Wildman–Crippen MR) is 100 cm³/mol. The van der Waals surface area contributed by atoms with Crippen molar-refractivity contribution < 1.29 is 9.47 Å². The van der Waals surface area contributed by atoms with E-state index in [9.17, 15) is 0 Å². The first-order valence-electron chi connectivity index (χ1n) is 8.67. The Labute approximate surface area is 146 Å². The monoisotopic (exact) mass is 327 g/mol. The molecule has 0 fully saturated rings. The molecule has 2 aromatic rings. The number of unbranched alkanes of at least 4 members (excludes halogenated alkanes) is 1. The van der Waals surface area contributed by atoms with Gasteiger partial charge in [-0.3, -0.25) is 0 Å². The average molecular weight is 327 g/mol. The van der Waals surface area contributed by atoms with Crippen LogP contribution in [0.15, 0.2) is 48.5 Å². The van der Waals surface area contributed by atoms with Crippen LogP contribution in [0.25, 0.3) is 0 Å². The zero-order valence-electron chi connectivity index (χ0n) is 15.1. The van der Waals surface area contributed by atoms with Crippen LogP contribution in [0, 0.1) is 0 Å². The minimum Gasteiger partial charge on any atom is -0.497 e. The third-order valence-electron chi connectivity index (χ3n) is 4.05. The van der Waals surface area contributed by atoms with Gasteiger partial charge in [-0.1, -0.05) is 30.3 Å². The molecule has 0 atom stereocenters. The van der Waals surface area contributed by atoms with Crippen molar-refractivity contribution >= 4 is 0 Å². The molecule has 0 spiro atoms. The summed E-state index contributed by atoms with van der Waals surface area (Å²) in [7, 11) is 5.91. The smallest absolute Gasteiger partial charge is 0.122 e. The van der Waals surface area contributed by atoms with Gasteiger partial charge in [0.05, 0.1) is 13.7 Å². The van der Waals surface area contributed by atoms with E-state index >= 15 is 0 Å². The van der Waals surface area contributed by atoms with Crippen LogP contribution in [0.5, 0.6) is 11.5 Å². The van der Waals surface area contributed by atoms with Crippen molar-refractivity contribution in [2.24, 2.45) is 0 Å². The second-order valence-electron chi connectivity index (χ2n) is 6.32. The third-order valence-corrected chi connectivity index (χ3v) is 4.05. The first-order valence-corrected chi connectivity index (χ1v) is 8.67. The second kappa shape index (κ2) is 9.99. The summed E-state index contributed by atoms with van der Waals surface area (Å²) in [6, 6.07) is 16.7. The molecule has 0 radical (unpaired) electrons. The van der Waals surface area contributed by atoms with Gasteiger partial charge in [0.1, 0.15) is 11.5 Å². The van der Waals surface area contributed by atoms with Gasteiger partial charge in [-0.05, 0) is 75.6 Å². The predicted octanol–water partition coefficient (Wildman–Crippen LogP) is 4.20. The van der Waals surface area contributed by atoms with E-state index in [2.05, 4.69) is 55.4 Å². The number of hydrogen-bond donors (Lipinski definition) is 0. The molecular weight excluding hydrogens is 298 g/mol. The zero-order chi connectivity index (χ0) is 17.2. The Morgan fingerprint density at radius 1 is 0.917 bits per heavy atom. The summed E-state index contributed by atoms with van der Waals surface area (Å²) in [5, 5.41) is 0. The van der Waals surface area contributed by atoms with Crippen molar-refractivity contribution in [2.75, 3.05) is 34.4 Å². The molecule has 2 aromatic carbocycles. The van der Waals surface area contributed by atoms with Crippen molar-refractivity contribution in [3.05, 3.63) is 59.7 Å². The first-order chi connectivity index (χ1) is 11.7. The minimum atomic E-state index is 0.762. The molecule has 0 saturated carbocycles. The average Bonchev–Trinajstić information content (AvgIpc) is 2.61. The number of benzene rings is 2. The molecule has 0 aromatic heterocycles. The molecule has 3 nitrogen and oxygen atoms in total. The maximum Gasteiger partial charge on any atom is 0.122 e. The minimum absolute atomic E-state index is 0.762. The molecular formula is C21H29NO2. The van der Waals surface area contributed by atoms with E-state index in [1.54, 1.807) is 7.11 Å². The normalized spacial score (nSPS) is 10.8. The van der Waals surface area contributed by atoms with Crippen LogP contribution >= 0.6 is 0 Å². The molecule has 0 bridgehead atoms. The summed E-state index contributed by atoms with van der Waals surface area (Å²) < 4.78 is 11.4. The molecule has 2 rings (SSSR count). The molecule has 130 valence electrons. The highest BCUT2D eigenvalue weighted by molar-refractivity contribution is 5.41. The van der Waals surface area contributed by atoms with E-state index < -0.39 is 0 Å². The van der Waals surface area contributed by atoms with Gasteiger partial charge < -0.3 is 14.4 Å². The second-order valence-corrected chi connectivity index (χ2v) is 6.32. The topological polar surface area (TPSA) is 21.7 Å². The maximum atomic E-state index is 6.03. The van der Waals surface area contributed by atoms with Crippen molar-refractivity contribution in [1.29, 1.82) is 0 Å². The molecule has 0 aliphatic carbocycles. The van der Waals surface area contributed by atoms with Crippen LogP contribution < -0.4 is 9.47 Å². The molecule has 3 heteroatoms. The number of ether oxygens (including phenoxy) is 2. The van der Waals surface area contributed by atoms with Crippen molar-refractivity contribution in [3.8, 4) is 11.5 Å². The van der Waals surface area contributed by atoms with E-state index in [4.69, 9.17) is 9.47 Å². The lowest BCUT2D eigenvalue weighted by molar-refractivity contribution is 0.290. The largest absolute Gasteiger partial charge is 0.497 e. The lowest BCUT2D eigenvalue weighted by Gasteiger charge is -2.14. The summed E-state index contributed by atoms with van der Waals surface area (Å²) in [5.41, 5.74) is 2.56. The fraction of sp³-hybridized carbons (Fsp3) is 0.429. The summed E-state index contributed by atoms with van der Waals surface area (Å²) in [5.74, 6) is 1.87. The Balaban J connectivity index is 1.93. The molecule has 0 aliphatic heterocycles. The highest BCUT2D eigenvalue weighted by atomic mass is 16.5. The van der Waals surface area contributed by atoms with Gasteiger partial charge in [0.2, 0.25) is 0 Å². The van der Waals surface area contributed by atoms with Crippen molar-refractivity contribution in [1.82, 2.24) is 4.90 Å². The van der Waals surface area contributed by atoms with Crippen LogP contribution in [-0.2, 0) is 12.8 Å². The van der Waals surface area contributed by atoms with Crippen LogP contribution in [0.1, 0.15) is 24.0 Å². The lowest BCUT2D eigenvalue weighted by atomic mass is 10.0. The summed E-state index contributed by atoms with van der Waals surface area (Å²) >= 11 is 0. The van der Waals surface area contributed by atoms with E-state index in [0.717, 1.165) is 50.3 Å². The molecule has 0 heterocycles. The van der Waals surface area contributed by atoms with Gasteiger partial charge in [0, 0.05) is 0 Å². The van der Waals surface area contributed by atoms with E-state index in [0.29, 0.717) is 0 Å². The van der Waals surface area contributed by atoms with Gasteiger partial charge in [-0.2, -0.15) is 0 Å². The number of hydrogen-bond acceptors (Lipinski definition) is 3. The molecule has 0 N–H and O–H groups in total. The van der Waals surface area contributed by atoms with Gasteiger partial charge in [-0.15, -0.1) is 0 Å². The number of methoxy groups -OCH3 is 1. The SMILES string of the molecule is COc1ccc(OCCCCN(C)C)c(CCc2ccccc2)c1. The van der Waals surface area contributed by atoms with Crippen molar-refractivity contribution in [2.45, 2.75) is 25.7 Å². The fourth-order valence-corrected chi connectivity index (χ4v) is 2.65. The van der Waals surface area contributed by atoms with Gasteiger partial charge in [0.15, 0.2) is 0 Å². The summed E-state index contributed by atoms with van der Waals surface area (Å²) in [6.07, 6.45) is 4.18. The number of nitrogens with zero attached hydrogens (tertiary/aromatic N) is 1. The van der Waals surface area contributed by atoms with Gasteiger partial charge in [-0.25, -0.2) is 0 Å². The Morgan fingerprint density at radius 3 is 2.42 bits per heavy atom. The van der Waals surface area contributed by atoms with Crippen LogP contribution in [0.3, 0.4) is 0 Å². The Hall–Kier alpha value is -2.00. The summed E-state index contributed by atoms with van der Waals surface area (Å²) in [6.45, 7) is 1.87.